The fraction of sp³-hybridized carbons (Fsp3) is 0.429. The minimum atomic E-state index is 0. The molecule has 1 heterocycles. The zero-order valence-corrected chi connectivity index (χ0v) is 19.4. The van der Waals surface area contributed by atoms with Crippen molar-refractivity contribution in [3.63, 3.8) is 0 Å². The Kier molecular flexibility index (Phi) is 11.5. The summed E-state index contributed by atoms with van der Waals surface area (Å²) >= 11 is 0. The lowest BCUT2D eigenvalue weighted by Crippen LogP contribution is -2.38. The normalized spacial score (nSPS) is 10.9. The van der Waals surface area contributed by atoms with Gasteiger partial charge in [-0.15, -0.1) is 24.0 Å². The lowest BCUT2D eigenvalue weighted by molar-refractivity contribution is 0.195. The average Bonchev–Trinajstić information content (AvgIpc) is 2.66. The van der Waals surface area contributed by atoms with Crippen molar-refractivity contribution in [3.8, 4) is 11.6 Å². The van der Waals surface area contributed by atoms with Gasteiger partial charge in [0.1, 0.15) is 5.75 Å². The third-order valence-corrected chi connectivity index (χ3v) is 4.08. The highest BCUT2D eigenvalue weighted by molar-refractivity contribution is 14.0. The maximum absolute atomic E-state index is 5.90. The van der Waals surface area contributed by atoms with Crippen LogP contribution in [0, 0.1) is 13.8 Å². The number of hydrogen-bond acceptors (Lipinski definition) is 4. The number of guanidine groups is 1. The maximum atomic E-state index is 5.90. The second-order valence-corrected chi connectivity index (χ2v) is 6.32. The average molecular weight is 498 g/mol. The van der Waals surface area contributed by atoms with Gasteiger partial charge >= 0.3 is 0 Å². The molecular weight excluding hydrogens is 467 g/mol. The molecule has 0 saturated carbocycles. The number of methoxy groups -OCH3 is 1. The predicted molar refractivity (Wildman–Crippen MR) is 125 cm³/mol. The standard InChI is InChI=1S/C21H30N4O2.HI/c1-5-22-21(24-10-6-12-26-4)25-15-18-9-11-23-20(14-18)27-19-8-7-16(2)17(3)13-19;/h7-9,11,13-14H,5-6,10,12,15H2,1-4H3,(H2,22,24,25);1H. The van der Waals surface area contributed by atoms with Crippen LogP contribution >= 0.6 is 24.0 Å². The zero-order valence-electron chi connectivity index (χ0n) is 17.1. The Morgan fingerprint density at radius 1 is 1.11 bits per heavy atom. The largest absolute Gasteiger partial charge is 0.439 e. The summed E-state index contributed by atoms with van der Waals surface area (Å²) in [5.74, 6) is 2.16. The molecule has 0 spiro atoms. The number of aliphatic imine (C=N–C) groups is 1. The SMILES string of the molecule is CCNC(=NCc1ccnc(Oc2ccc(C)c(C)c2)c1)NCCCOC.I. The van der Waals surface area contributed by atoms with Crippen LogP contribution in [0.3, 0.4) is 0 Å². The summed E-state index contributed by atoms with van der Waals surface area (Å²) in [5, 5.41) is 6.55. The van der Waals surface area contributed by atoms with Gasteiger partial charge in [-0.3, -0.25) is 0 Å². The Labute approximate surface area is 185 Å². The molecular formula is C21H31IN4O2. The van der Waals surface area contributed by atoms with Crippen molar-refractivity contribution >= 4 is 29.9 Å². The summed E-state index contributed by atoms with van der Waals surface area (Å²) in [7, 11) is 1.71. The number of rotatable bonds is 9. The van der Waals surface area contributed by atoms with Crippen LogP contribution in [-0.4, -0.2) is 37.7 Å². The third kappa shape index (κ3) is 8.43. The zero-order chi connectivity index (χ0) is 19.5. The first-order valence-corrected chi connectivity index (χ1v) is 9.33. The second kappa shape index (κ2) is 13.3. The number of nitrogens with one attached hydrogen (secondary N) is 2. The first kappa shape index (κ1) is 24.2. The van der Waals surface area contributed by atoms with E-state index in [1.165, 1.54) is 11.1 Å². The molecule has 0 bridgehead atoms. The molecule has 0 amide bonds. The molecule has 154 valence electrons. The van der Waals surface area contributed by atoms with Gasteiger partial charge in [0.2, 0.25) is 5.88 Å². The molecule has 0 fully saturated rings. The fourth-order valence-corrected chi connectivity index (χ4v) is 2.44. The molecule has 0 atom stereocenters. The Bertz CT molecular complexity index is 753. The van der Waals surface area contributed by atoms with Gasteiger partial charge in [-0.2, -0.15) is 0 Å². The van der Waals surface area contributed by atoms with E-state index in [2.05, 4.69) is 40.5 Å². The monoisotopic (exact) mass is 498 g/mol. The van der Waals surface area contributed by atoms with Gasteiger partial charge in [0.15, 0.2) is 5.96 Å². The quantitative estimate of drug-likeness (QED) is 0.235. The highest BCUT2D eigenvalue weighted by Gasteiger charge is 2.03. The molecule has 2 N–H and O–H groups in total. The third-order valence-electron chi connectivity index (χ3n) is 4.08. The Morgan fingerprint density at radius 2 is 1.93 bits per heavy atom. The number of ether oxygens (including phenoxy) is 2. The molecule has 0 aliphatic rings. The Morgan fingerprint density at radius 3 is 2.64 bits per heavy atom. The first-order chi connectivity index (χ1) is 13.1. The summed E-state index contributed by atoms with van der Waals surface area (Å²) in [4.78, 5) is 8.93. The minimum absolute atomic E-state index is 0. The Balaban J connectivity index is 0.00000392. The molecule has 0 radical (unpaired) electrons. The van der Waals surface area contributed by atoms with E-state index in [1.54, 1.807) is 13.3 Å². The van der Waals surface area contributed by atoms with Crippen LogP contribution in [0.2, 0.25) is 0 Å². The van der Waals surface area contributed by atoms with Crippen LogP contribution in [0.1, 0.15) is 30.0 Å². The molecule has 0 saturated heterocycles. The number of aryl methyl sites for hydroxylation is 2. The van der Waals surface area contributed by atoms with E-state index < -0.39 is 0 Å². The van der Waals surface area contributed by atoms with Gasteiger partial charge in [0.05, 0.1) is 6.54 Å². The van der Waals surface area contributed by atoms with E-state index in [4.69, 9.17) is 9.47 Å². The van der Waals surface area contributed by atoms with Crippen molar-refractivity contribution < 1.29 is 9.47 Å². The van der Waals surface area contributed by atoms with Crippen LogP contribution in [0.4, 0.5) is 0 Å². The maximum Gasteiger partial charge on any atom is 0.219 e. The van der Waals surface area contributed by atoms with Crippen molar-refractivity contribution in [2.75, 3.05) is 26.8 Å². The van der Waals surface area contributed by atoms with Crippen molar-refractivity contribution in [1.29, 1.82) is 0 Å². The van der Waals surface area contributed by atoms with Crippen molar-refractivity contribution in [2.24, 2.45) is 4.99 Å². The van der Waals surface area contributed by atoms with Crippen LogP contribution in [0.25, 0.3) is 0 Å². The molecule has 1 aromatic heterocycles. The number of hydrogen-bond donors (Lipinski definition) is 2. The molecule has 0 unspecified atom stereocenters. The van der Waals surface area contributed by atoms with E-state index in [9.17, 15) is 0 Å². The van der Waals surface area contributed by atoms with Crippen LogP contribution in [0.15, 0.2) is 41.5 Å². The number of nitrogens with zero attached hydrogens (tertiary/aromatic N) is 2. The highest BCUT2D eigenvalue weighted by Crippen LogP contribution is 2.22. The van der Waals surface area contributed by atoms with Gasteiger partial charge in [0.25, 0.3) is 0 Å². The van der Waals surface area contributed by atoms with E-state index in [0.29, 0.717) is 12.4 Å². The topological polar surface area (TPSA) is 67.8 Å². The van der Waals surface area contributed by atoms with Gasteiger partial charge in [-0.25, -0.2) is 9.98 Å². The number of aromatic nitrogens is 1. The number of halogens is 1. The summed E-state index contributed by atoms with van der Waals surface area (Å²) in [6.45, 7) is 9.12. The smallest absolute Gasteiger partial charge is 0.219 e. The summed E-state index contributed by atoms with van der Waals surface area (Å²) < 4.78 is 11.0. The second-order valence-electron chi connectivity index (χ2n) is 6.32. The molecule has 1 aromatic carbocycles. The highest BCUT2D eigenvalue weighted by atomic mass is 127. The van der Waals surface area contributed by atoms with E-state index in [1.807, 2.05) is 31.2 Å². The summed E-state index contributed by atoms with van der Waals surface area (Å²) in [6.07, 6.45) is 2.68. The lowest BCUT2D eigenvalue weighted by Gasteiger charge is -2.11. The van der Waals surface area contributed by atoms with E-state index in [0.717, 1.165) is 43.4 Å². The van der Waals surface area contributed by atoms with Crippen molar-refractivity contribution in [2.45, 2.75) is 33.7 Å². The first-order valence-electron chi connectivity index (χ1n) is 9.33. The van der Waals surface area contributed by atoms with Crippen molar-refractivity contribution in [3.05, 3.63) is 53.2 Å². The molecule has 6 nitrogen and oxygen atoms in total. The number of pyridine rings is 1. The van der Waals surface area contributed by atoms with E-state index in [-0.39, 0.29) is 24.0 Å². The van der Waals surface area contributed by atoms with Crippen LogP contribution in [-0.2, 0) is 11.3 Å². The van der Waals surface area contributed by atoms with Gasteiger partial charge < -0.3 is 20.1 Å². The molecule has 7 heteroatoms. The van der Waals surface area contributed by atoms with Gasteiger partial charge in [-0.1, -0.05) is 6.07 Å². The molecule has 2 aromatic rings. The number of benzene rings is 1. The lowest BCUT2D eigenvalue weighted by atomic mass is 10.1. The van der Waals surface area contributed by atoms with Crippen molar-refractivity contribution in [1.82, 2.24) is 15.6 Å². The molecule has 0 aliphatic carbocycles. The molecule has 2 rings (SSSR count). The van der Waals surface area contributed by atoms with Gasteiger partial charge in [-0.05, 0) is 62.1 Å². The molecule has 28 heavy (non-hydrogen) atoms. The predicted octanol–water partition coefficient (Wildman–Crippen LogP) is 4.20. The Hall–Kier alpha value is -1.87. The van der Waals surface area contributed by atoms with E-state index >= 15 is 0 Å². The van der Waals surface area contributed by atoms with Crippen LogP contribution < -0.4 is 15.4 Å². The molecule has 0 aliphatic heterocycles. The van der Waals surface area contributed by atoms with Gasteiger partial charge in [0, 0.05) is 39.1 Å². The van der Waals surface area contributed by atoms with Crippen LogP contribution in [0.5, 0.6) is 11.6 Å². The minimum Gasteiger partial charge on any atom is -0.439 e. The fourth-order valence-electron chi connectivity index (χ4n) is 2.44. The summed E-state index contributed by atoms with van der Waals surface area (Å²) in [6, 6.07) is 9.91. The summed E-state index contributed by atoms with van der Waals surface area (Å²) in [5.41, 5.74) is 3.48.